The summed E-state index contributed by atoms with van der Waals surface area (Å²) in [5.74, 6) is -1.07. The molecule has 0 spiro atoms. The SMILES string of the molecule is Fc1nc(C(F)F)c(CCl)cc1Br. The number of pyridine rings is 1. The summed E-state index contributed by atoms with van der Waals surface area (Å²) in [5, 5.41) is 0. The summed E-state index contributed by atoms with van der Waals surface area (Å²) in [6.45, 7) is 0. The second kappa shape index (κ2) is 4.28. The Labute approximate surface area is 86.0 Å². The lowest BCUT2D eigenvalue weighted by Gasteiger charge is -2.05. The van der Waals surface area contributed by atoms with Crippen molar-refractivity contribution in [3.8, 4) is 0 Å². The number of nitrogens with zero attached hydrogens (tertiary/aromatic N) is 1. The van der Waals surface area contributed by atoms with Gasteiger partial charge in [0, 0.05) is 5.88 Å². The first kappa shape index (κ1) is 10.8. The van der Waals surface area contributed by atoms with E-state index in [1.807, 2.05) is 0 Å². The van der Waals surface area contributed by atoms with Gasteiger partial charge in [-0.05, 0) is 27.6 Å². The van der Waals surface area contributed by atoms with Crippen molar-refractivity contribution in [1.82, 2.24) is 4.98 Å². The van der Waals surface area contributed by atoms with Crippen LogP contribution in [0.3, 0.4) is 0 Å². The predicted molar refractivity (Wildman–Crippen MR) is 46.4 cm³/mol. The van der Waals surface area contributed by atoms with Crippen LogP contribution < -0.4 is 0 Å². The molecule has 0 N–H and O–H groups in total. The maximum absolute atomic E-state index is 12.7. The van der Waals surface area contributed by atoms with E-state index in [4.69, 9.17) is 11.6 Å². The van der Waals surface area contributed by atoms with Crippen molar-refractivity contribution < 1.29 is 13.2 Å². The van der Waals surface area contributed by atoms with Gasteiger partial charge in [0.25, 0.3) is 6.43 Å². The van der Waals surface area contributed by atoms with Crippen molar-refractivity contribution in [2.45, 2.75) is 12.3 Å². The summed E-state index contributed by atoms with van der Waals surface area (Å²) in [5.41, 5.74) is -0.472. The van der Waals surface area contributed by atoms with Gasteiger partial charge in [-0.15, -0.1) is 11.6 Å². The van der Waals surface area contributed by atoms with Crippen LogP contribution in [0.4, 0.5) is 13.2 Å². The third-order valence-electron chi connectivity index (χ3n) is 1.40. The number of alkyl halides is 3. The molecule has 1 heterocycles. The Morgan fingerprint density at radius 3 is 2.62 bits per heavy atom. The van der Waals surface area contributed by atoms with Crippen LogP contribution in [-0.2, 0) is 5.88 Å². The topological polar surface area (TPSA) is 12.9 Å². The van der Waals surface area contributed by atoms with Gasteiger partial charge in [0.1, 0.15) is 5.69 Å². The molecule has 0 aliphatic rings. The highest BCUT2D eigenvalue weighted by Crippen LogP contribution is 2.26. The molecule has 0 saturated heterocycles. The molecule has 0 unspecified atom stereocenters. The van der Waals surface area contributed by atoms with E-state index in [0.717, 1.165) is 0 Å². The summed E-state index contributed by atoms with van der Waals surface area (Å²) in [4.78, 5) is 3.10. The molecule has 0 bridgehead atoms. The zero-order valence-electron chi connectivity index (χ0n) is 6.20. The molecule has 0 saturated carbocycles. The normalized spacial score (nSPS) is 10.9. The van der Waals surface area contributed by atoms with Crippen LogP contribution in [-0.4, -0.2) is 4.98 Å². The van der Waals surface area contributed by atoms with Crippen molar-refractivity contribution in [3.05, 3.63) is 27.7 Å². The molecule has 0 aliphatic carbocycles. The van der Waals surface area contributed by atoms with Crippen LogP contribution in [0, 0.1) is 5.95 Å². The Balaban J connectivity index is 3.25. The average Bonchev–Trinajstić information content (AvgIpc) is 2.08. The van der Waals surface area contributed by atoms with Crippen molar-refractivity contribution >= 4 is 27.5 Å². The van der Waals surface area contributed by atoms with Crippen LogP contribution in [0.2, 0.25) is 0 Å². The minimum Gasteiger partial charge on any atom is -0.217 e. The fourth-order valence-electron chi connectivity index (χ4n) is 0.813. The second-order valence-electron chi connectivity index (χ2n) is 2.24. The van der Waals surface area contributed by atoms with Gasteiger partial charge in [-0.25, -0.2) is 13.8 Å². The maximum atomic E-state index is 12.7. The largest absolute Gasteiger partial charge is 0.280 e. The van der Waals surface area contributed by atoms with Crippen LogP contribution in [0.25, 0.3) is 0 Å². The van der Waals surface area contributed by atoms with Gasteiger partial charge in [0.15, 0.2) is 0 Å². The highest BCUT2D eigenvalue weighted by Gasteiger charge is 2.17. The molecule has 1 nitrogen and oxygen atoms in total. The molecule has 72 valence electrons. The van der Waals surface area contributed by atoms with E-state index in [-0.39, 0.29) is 15.9 Å². The molecule has 1 aromatic heterocycles. The second-order valence-corrected chi connectivity index (χ2v) is 3.36. The standard InChI is InChI=1S/C7H4BrClF3N/c8-4-1-3(2-9)5(6(10)11)13-7(4)12/h1,6H,2H2. The molecular weight excluding hydrogens is 270 g/mol. The van der Waals surface area contributed by atoms with Gasteiger partial charge in [0.05, 0.1) is 4.47 Å². The van der Waals surface area contributed by atoms with Crippen molar-refractivity contribution in [3.63, 3.8) is 0 Å². The lowest BCUT2D eigenvalue weighted by atomic mass is 10.2. The number of hydrogen-bond acceptors (Lipinski definition) is 1. The number of aromatic nitrogens is 1. The molecule has 1 rings (SSSR count). The predicted octanol–water partition coefficient (Wildman–Crippen LogP) is 3.66. The zero-order valence-corrected chi connectivity index (χ0v) is 8.54. The van der Waals surface area contributed by atoms with Gasteiger partial charge in [0.2, 0.25) is 5.95 Å². The Kier molecular flexibility index (Phi) is 3.55. The molecule has 13 heavy (non-hydrogen) atoms. The molecule has 0 radical (unpaired) electrons. The summed E-state index contributed by atoms with van der Waals surface area (Å²) < 4.78 is 37.2. The van der Waals surface area contributed by atoms with E-state index in [0.29, 0.717) is 0 Å². The van der Waals surface area contributed by atoms with E-state index in [2.05, 4.69) is 20.9 Å². The van der Waals surface area contributed by atoms with Gasteiger partial charge < -0.3 is 0 Å². The average molecular weight is 274 g/mol. The molecule has 0 atom stereocenters. The molecule has 0 amide bonds. The van der Waals surface area contributed by atoms with Crippen molar-refractivity contribution in [2.24, 2.45) is 0 Å². The first-order valence-electron chi connectivity index (χ1n) is 3.25. The minimum absolute atomic E-state index is 0.0348. The van der Waals surface area contributed by atoms with Crippen LogP contribution in [0.1, 0.15) is 17.7 Å². The van der Waals surface area contributed by atoms with Crippen LogP contribution in [0.15, 0.2) is 10.5 Å². The monoisotopic (exact) mass is 273 g/mol. The van der Waals surface area contributed by atoms with E-state index >= 15 is 0 Å². The maximum Gasteiger partial charge on any atom is 0.280 e. The van der Waals surface area contributed by atoms with Crippen molar-refractivity contribution in [2.75, 3.05) is 0 Å². The van der Waals surface area contributed by atoms with E-state index < -0.39 is 18.1 Å². The molecule has 0 aromatic carbocycles. The smallest absolute Gasteiger partial charge is 0.217 e. The minimum atomic E-state index is -2.81. The highest BCUT2D eigenvalue weighted by molar-refractivity contribution is 9.10. The van der Waals surface area contributed by atoms with Gasteiger partial charge in [-0.2, -0.15) is 4.39 Å². The molecule has 0 fully saturated rings. The lowest BCUT2D eigenvalue weighted by Crippen LogP contribution is -2.00. The Morgan fingerprint density at radius 1 is 1.54 bits per heavy atom. The Bertz CT molecular complexity index is 319. The van der Waals surface area contributed by atoms with E-state index in [1.54, 1.807) is 0 Å². The molecule has 1 aromatic rings. The number of halogens is 5. The van der Waals surface area contributed by atoms with E-state index in [9.17, 15) is 13.2 Å². The molecule has 0 aliphatic heterocycles. The van der Waals surface area contributed by atoms with Gasteiger partial charge >= 0.3 is 0 Å². The zero-order chi connectivity index (χ0) is 10.0. The van der Waals surface area contributed by atoms with Gasteiger partial charge in [-0.3, -0.25) is 0 Å². The number of rotatable bonds is 2. The van der Waals surface area contributed by atoms with Crippen LogP contribution >= 0.6 is 27.5 Å². The third-order valence-corrected chi connectivity index (χ3v) is 2.24. The molecule has 6 heteroatoms. The summed E-state index contributed by atoms with van der Waals surface area (Å²) in [7, 11) is 0. The fraction of sp³-hybridized carbons (Fsp3) is 0.286. The fourth-order valence-corrected chi connectivity index (χ4v) is 1.39. The van der Waals surface area contributed by atoms with Crippen LogP contribution in [0.5, 0.6) is 0 Å². The molecular formula is C7H4BrClF3N. The lowest BCUT2D eigenvalue weighted by molar-refractivity contribution is 0.143. The van der Waals surface area contributed by atoms with Crippen molar-refractivity contribution in [1.29, 1.82) is 0 Å². The highest BCUT2D eigenvalue weighted by atomic mass is 79.9. The number of hydrogen-bond donors (Lipinski definition) is 0. The Morgan fingerprint density at radius 2 is 2.15 bits per heavy atom. The summed E-state index contributed by atoms with van der Waals surface area (Å²) in [6, 6.07) is 1.21. The quantitative estimate of drug-likeness (QED) is 0.592. The first-order valence-corrected chi connectivity index (χ1v) is 4.58. The first-order chi connectivity index (χ1) is 6.06. The summed E-state index contributed by atoms with van der Waals surface area (Å²) in [6.07, 6.45) is -2.81. The Hall–Kier alpha value is -0.290. The summed E-state index contributed by atoms with van der Waals surface area (Å²) >= 11 is 8.21. The van der Waals surface area contributed by atoms with Gasteiger partial charge in [-0.1, -0.05) is 0 Å². The third kappa shape index (κ3) is 2.34. The van der Waals surface area contributed by atoms with E-state index in [1.165, 1.54) is 6.07 Å².